The molecule has 2 aromatic heterocycles. The van der Waals surface area contributed by atoms with E-state index in [1.807, 2.05) is 60.0 Å². The van der Waals surface area contributed by atoms with Gasteiger partial charge in [0.1, 0.15) is 5.82 Å². The number of hydrogen-bond donors (Lipinski definition) is 1. The highest BCUT2D eigenvalue weighted by Gasteiger charge is 2.24. The van der Waals surface area contributed by atoms with E-state index in [-0.39, 0.29) is 15.9 Å². The van der Waals surface area contributed by atoms with Gasteiger partial charge in [-0.05, 0) is 77.7 Å². The summed E-state index contributed by atoms with van der Waals surface area (Å²) in [5.41, 5.74) is 3.09. The third-order valence-corrected chi connectivity index (χ3v) is 8.90. The normalized spacial score (nSPS) is 13.0. The van der Waals surface area contributed by atoms with Crippen LogP contribution in [-0.2, 0) is 16.4 Å². The van der Waals surface area contributed by atoms with Crippen molar-refractivity contribution < 1.29 is 8.42 Å². The molecule has 5 aromatic rings. The maximum Gasteiger partial charge on any atom is 0.266 e. The average Bonchev–Trinajstić information content (AvgIpc) is 3.43. The molecule has 200 valence electrons. The second kappa shape index (κ2) is 10.5. The van der Waals surface area contributed by atoms with Crippen molar-refractivity contribution in [2.45, 2.75) is 45.1 Å². The Morgan fingerprint density at radius 1 is 0.923 bits per heavy atom. The molecular weight excluding hydrogens is 526 g/mol. The van der Waals surface area contributed by atoms with E-state index in [4.69, 9.17) is 4.98 Å². The Hall–Kier alpha value is -3.59. The van der Waals surface area contributed by atoms with E-state index in [2.05, 4.69) is 25.5 Å². The molecule has 0 radical (unpaired) electrons. The van der Waals surface area contributed by atoms with E-state index in [0.29, 0.717) is 22.4 Å². The fraction of sp³-hybridized carbons (Fsp3) is 0.226. The Labute approximate surface area is 233 Å². The number of aromatic nitrogens is 2. The minimum atomic E-state index is -3.87. The van der Waals surface area contributed by atoms with Crippen LogP contribution in [0.25, 0.3) is 27.0 Å². The third-order valence-electron chi connectivity index (χ3n) is 6.42. The molecule has 1 atom stereocenters. The van der Waals surface area contributed by atoms with Crippen LogP contribution in [0, 0.1) is 5.41 Å². The molecular formula is C31H31N3O3S2. The number of benzene rings is 3. The van der Waals surface area contributed by atoms with E-state index in [9.17, 15) is 13.2 Å². The highest BCUT2D eigenvalue weighted by Crippen LogP contribution is 2.27. The van der Waals surface area contributed by atoms with Crippen LogP contribution < -0.4 is 10.3 Å². The van der Waals surface area contributed by atoms with E-state index >= 15 is 0 Å². The number of thiophene rings is 1. The summed E-state index contributed by atoms with van der Waals surface area (Å²) in [4.78, 5) is 19.8. The first-order valence-electron chi connectivity index (χ1n) is 12.8. The van der Waals surface area contributed by atoms with Crippen LogP contribution in [0.4, 0.5) is 0 Å². The molecule has 0 aliphatic heterocycles. The fourth-order valence-electron chi connectivity index (χ4n) is 4.66. The second-order valence-corrected chi connectivity index (χ2v) is 13.5. The van der Waals surface area contributed by atoms with Crippen LogP contribution in [0.3, 0.4) is 0 Å². The number of sulfonamides is 1. The summed E-state index contributed by atoms with van der Waals surface area (Å²) in [6.45, 7) is 8.14. The van der Waals surface area contributed by atoms with Gasteiger partial charge in [0, 0.05) is 4.88 Å². The van der Waals surface area contributed by atoms with Crippen molar-refractivity contribution in [3.63, 3.8) is 0 Å². The van der Waals surface area contributed by atoms with E-state index in [1.54, 1.807) is 48.6 Å². The lowest BCUT2D eigenvalue weighted by Crippen LogP contribution is -2.33. The SMILES string of the molecule is CC(NS(=O)(=O)c1ccc(CC(C)(C)C)cc1)c1nc2ccccc2c(=O)n1-c1ccc(-c2cccs2)cc1. The number of nitrogens with zero attached hydrogens (tertiary/aromatic N) is 2. The predicted octanol–water partition coefficient (Wildman–Crippen LogP) is 6.74. The van der Waals surface area contributed by atoms with Crippen LogP contribution in [0.15, 0.2) is 100.0 Å². The molecule has 0 aliphatic rings. The summed E-state index contributed by atoms with van der Waals surface area (Å²) in [5.74, 6) is 0.315. The Kier molecular flexibility index (Phi) is 7.29. The van der Waals surface area contributed by atoms with E-state index in [1.165, 1.54) is 4.57 Å². The first-order valence-corrected chi connectivity index (χ1v) is 15.2. The minimum Gasteiger partial charge on any atom is -0.268 e. The summed E-state index contributed by atoms with van der Waals surface area (Å²) < 4.78 is 31.0. The molecule has 0 saturated carbocycles. The highest BCUT2D eigenvalue weighted by atomic mass is 32.2. The van der Waals surface area contributed by atoms with Gasteiger partial charge < -0.3 is 0 Å². The molecule has 39 heavy (non-hydrogen) atoms. The molecule has 0 fully saturated rings. The third kappa shape index (κ3) is 5.88. The molecule has 0 bridgehead atoms. The zero-order valence-corrected chi connectivity index (χ0v) is 24.0. The summed E-state index contributed by atoms with van der Waals surface area (Å²) in [7, 11) is -3.87. The summed E-state index contributed by atoms with van der Waals surface area (Å²) >= 11 is 1.64. The van der Waals surface area contributed by atoms with Gasteiger partial charge in [0.05, 0.1) is 27.5 Å². The van der Waals surface area contributed by atoms with Crippen LogP contribution in [0.2, 0.25) is 0 Å². The molecule has 5 rings (SSSR count). The van der Waals surface area contributed by atoms with Crippen molar-refractivity contribution in [1.29, 1.82) is 0 Å². The molecule has 1 N–H and O–H groups in total. The van der Waals surface area contributed by atoms with Gasteiger partial charge in [0.2, 0.25) is 10.0 Å². The maximum absolute atomic E-state index is 13.7. The molecule has 3 aromatic carbocycles. The van der Waals surface area contributed by atoms with Crippen molar-refractivity contribution in [3.05, 3.63) is 112 Å². The van der Waals surface area contributed by atoms with Gasteiger partial charge in [-0.3, -0.25) is 9.36 Å². The van der Waals surface area contributed by atoms with Crippen LogP contribution in [0.5, 0.6) is 0 Å². The van der Waals surface area contributed by atoms with Crippen molar-refractivity contribution >= 4 is 32.3 Å². The van der Waals surface area contributed by atoms with Crippen molar-refractivity contribution in [2.24, 2.45) is 5.41 Å². The van der Waals surface area contributed by atoms with Gasteiger partial charge in [-0.2, -0.15) is 0 Å². The van der Waals surface area contributed by atoms with E-state index < -0.39 is 16.1 Å². The van der Waals surface area contributed by atoms with Crippen molar-refractivity contribution in [3.8, 4) is 16.1 Å². The molecule has 6 nitrogen and oxygen atoms in total. The molecule has 0 aliphatic carbocycles. The maximum atomic E-state index is 13.7. The van der Waals surface area contributed by atoms with Gasteiger partial charge >= 0.3 is 0 Å². The number of hydrogen-bond acceptors (Lipinski definition) is 5. The van der Waals surface area contributed by atoms with Crippen LogP contribution in [-0.4, -0.2) is 18.0 Å². The quantitative estimate of drug-likeness (QED) is 0.240. The number of para-hydroxylation sites is 1. The topological polar surface area (TPSA) is 81.1 Å². The zero-order valence-electron chi connectivity index (χ0n) is 22.4. The van der Waals surface area contributed by atoms with E-state index in [0.717, 1.165) is 22.4 Å². The Balaban J connectivity index is 1.53. The molecule has 0 amide bonds. The predicted molar refractivity (Wildman–Crippen MR) is 159 cm³/mol. The van der Waals surface area contributed by atoms with Crippen LogP contribution in [0.1, 0.15) is 45.1 Å². The summed E-state index contributed by atoms with van der Waals surface area (Å²) in [6, 6.07) is 25.0. The summed E-state index contributed by atoms with van der Waals surface area (Å²) in [6.07, 6.45) is 0.843. The monoisotopic (exact) mass is 557 g/mol. The molecule has 2 heterocycles. The van der Waals surface area contributed by atoms with Gasteiger partial charge in [-0.25, -0.2) is 18.1 Å². The van der Waals surface area contributed by atoms with Crippen molar-refractivity contribution in [2.75, 3.05) is 0 Å². The Bertz CT molecular complexity index is 1770. The fourth-order valence-corrected chi connectivity index (χ4v) is 6.59. The lowest BCUT2D eigenvalue weighted by Gasteiger charge is -2.20. The Morgan fingerprint density at radius 3 is 2.26 bits per heavy atom. The average molecular weight is 558 g/mol. The smallest absolute Gasteiger partial charge is 0.266 e. The highest BCUT2D eigenvalue weighted by molar-refractivity contribution is 7.89. The van der Waals surface area contributed by atoms with Gasteiger partial charge in [0.15, 0.2) is 0 Å². The lowest BCUT2D eigenvalue weighted by atomic mass is 9.88. The molecule has 0 spiro atoms. The lowest BCUT2D eigenvalue weighted by molar-refractivity contribution is 0.411. The van der Waals surface area contributed by atoms with Gasteiger partial charge in [0.25, 0.3) is 5.56 Å². The number of nitrogens with one attached hydrogen (secondary N) is 1. The molecule has 0 saturated heterocycles. The zero-order chi connectivity index (χ0) is 27.8. The van der Waals surface area contributed by atoms with Crippen molar-refractivity contribution in [1.82, 2.24) is 14.3 Å². The molecule has 1 unspecified atom stereocenters. The second-order valence-electron chi connectivity index (χ2n) is 10.9. The summed E-state index contributed by atoms with van der Waals surface area (Å²) in [5, 5.41) is 2.48. The number of rotatable bonds is 7. The number of fused-ring (bicyclic) bond motifs is 1. The first kappa shape index (κ1) is 27.0. The molecule has 8 heteroatoms. The van der Waals surface area contributed by atoms with Gasteiger partial charge in [-0.1, -0.05) is 63.2 Å². The van der Waals surface area contributed by atoms with Crippen LogP contribution >= 0.6 is 11.3 Å². The largest absolute Gasteiger partial charge is 0.268 e. The van der Waals surface area contributed by atoms with Gasteiger partial charge in [-0.15, -0.1) is 11.3 Å². The first-order chi connectivity index (χ1) is 18.5. The Morgan fingerprint density at radius 2 is 1.62 bits per heavy atom. The minimum absolute atomic E-state index is 0.0978. The standard InChI is InChI=1S/C31H31N3O3S2/c1-21(33-39(36,37)25-17-11-22(12-18-25)20-31(2,3)4)29-32-27-9-6-5-8-26(27)30(35)34(29)24-15-13-23(14-16-24)28-10-7-19-38-28/h5-19,21,33H,20H2,1-4H3.